The standard InChI is InChI=1S/C25H22N4O2/c1-28-21-10-6-5-9-20(21)27-25(28)23-22(30)15-29(24(23)26)18-11-13-19(14-12-18)31-16-17-7-3-2-4-8-17/h2-14,26,30H,15-16H2,1H3. The molecule has 0 saturated heterocycles. The fourth-order valence-electron chi connectivity index (χ4n) is 3.87. The molecular formula is C25H22N4O2. The van der Waals surface area contributed by atoms with Crippen molar-refractivity contribution in [3.05, 3.63) is 96.0 Å². The smallest absolute Gasteiger partial charge is 0.148 e. The van der Waals surface area contributed by atoms with E-state index < -0.39 is 0 Å². The van der Waals surface area contributed by atoms with E-state index in [-0.39, 0.29) is 18.1 Å². The van der Waals surface area contributed by atoms with Crippen molar-refractivity contribution in [2.45, 2.75) is 6.61 Å². The minimum Gasteiger partial charge on any atom is -0.509 e. The first kappa shape index (κ1) is 18.9. The zero-order chi connectivity index (χ0) is 21.4. The molecule has 0 saturated carbocycles. The van der Waals surface area contributed by atoms with Crippen LogP contribution >= 0.6 is 0 Å². The Labute approximate surface area is 180 Å². The number of aliphatic hydroxyl groups excluding tert-OH is 1. The molecule has 0 fully saturated rings. The molecule has 154 valence electrons. The molecular weight excluding hydrogens is 388 g/mol. The van der Waals surface area contributed by atoms with Crippen LogP contribution in [0.4, 0.5) is 5.69 Å². The molecule has 0 atom stereocenters. The van der Waals surface area contributed by atoms with Gasteiger partial charge in [0.25, 0.3) is 0 Å². The normalized spacial score (nSPS) is 14.0. The van der Waals surface area contributed by atoms with Gasteiger partial charge in [-0.05, 0) is 42.0 Å². The van der Waals surface area contributed by atoms with E-state index in [4.69, 9.17) is 10.1 Å². The van der Waals surface area contributed by atoms with Crippen LogP contribution in [0.1, 0.15) is 11.4 Å². The molecule has 1 aliphatic rings. The van der Waals surface area contributed by atoms with E-state index in [0.717, 1.165) is 28.0 Å². The van der Waals surface area contributed by atoms with Gasteiger partial charge in [0.15, 0.2) is 0 Å². The maximum Gasteiger partial charge on any atom is 0.148 e. The van der Waals surface area contributed by atoms with E-state index in [2.05, 4.69) is 4.98 Å². The molecule has 6 nitrogen and oxygen atoms in total. The van der Waals surface area contributed by atoms with Gasteiger partial charge in [-0.3, -0.25) is 5.41 Å². The van der Waals surface area contributed by atoms with Gasteiger partial charge in [0, 0.05) is 12.7 Å². The van der Waals surface area contributed by atoms with E-state index in [0.29, 0.717) is 18.0 Å². The lowest BCUT2D eigenvalue weighted by molar-refractivity contribution is 0.306. The van der Waals surface area contributed by atoms with Crippen LogP contribution in [-0.4, -0.2) is 27.0 Å². The van der Waals surface area contributed by atoms with Gasteiger partial charge in [-0.25, -0.2) is 4.98 Å². The number of hydrogen-bond donors (Lipinski definition) is 2. The summed E-state index contributed by atoms with van der Waals surface area (Å²) in [6.07, 6.45) is 0. The first-order chi connectivity index (χ1) is 15.1. The van der Waals surface area contributed by atoms with Crippen molar-refractivity contribution in [3.63, 3.8) is 0 Å². The number of fused-ring (bicyclic) bond motifs is 1. The Morgan fingerprint density at radius 3 is 2.42 bits per heavy atom. The van der Waals surface area contributed by atoms with Crippen molar-refractivity contribution < 1.29 is 9.84 Å². The third kappa shape index (κ3) is 3.42. The maximum atomic E-state index is 10.7. The number of aryl methyl sites for hydroxylation is 1. The minimum absolute atomic E-state index is 0.146. The molecule has 5 rings (SSSR count). The molecule has 2 heterocycles. The molecule has 1 aliphatic heterocycles. The van der Waals surface area contributed by atoms with Gasteiger partial charge >= 0.3 is 0 Å². The number of amidine groups is 1. The Morgan fingerprint density at radius 1 is 0.968 bits per heavy atom. The van der Waals surface area contributed by atoms with Gasteiger partial charge in [0.05, 0.1) is 23.2 Å². The SMILES string of the molecule is Cn1c(C2=C(O)CN(c3ccc(OCc4ccccc4)cc3)C2=N)nc2ccccc21. The van der Waals surface area contributed by atoms with Gasteiger partial charge < -0.3 is 19.3 Å². The fraction of sp³-hybridized carbons (Fsp3) is 0.120. The summed E-state index contributed by atoms with van der Waals surface area (Å²) in [6.45, 7) is 0.737. The van der Waals surface area contributed by atoms with Gasteiger partial charge in [-0.2, -0.15) is 0 Å². The first-order valence-electron chi connectivity index (χ1n) is 10.1. The molecule has 0 aliphatic carbocycles. The molecule has 0 unspecified atom stereocenters. The predicted octanol–water partition coefficient (Wildman–Crippen LogP) is 4.92. The Balaban J connectivity index is 1.35. The van der Waals surface area contributed by atoms with Crippen LogP contribution in [-0.2, 0) is 13.7 Å². The molecule has 31 heavy (non-hydrogen) atoms. The monoisotopic (exact) mass is 410 g/mol. The van der Waals surface area contributed by atoms with Crippen LogP contribution in [0.3, 0.4) is 0 Å². The summed E-state index contributed by atoms with van der Waals surface area (Å²) < 4.78 is 7.77. The number of aliphatic hydroxyl groups is 1. The number of rotatable bonds is 5. The Morgan fingerprint density at radius 2 is 1.68 bits per heavy atom. The highest BCUT2D eigenvalue weighted by Gasteiger charge is 2.32. The summed E-state index contributed by atoms with van der Waals surface area (Å²) in [6, 6.07) is 25.4. The average Bonchev–Trinajstić information content (AvgIpc) is 3.29. The zero-order valence-electron chi connectivity index (χ0n) is 17.1. The Bertz CT molecular complexity index is 1290. The molecule has 2 N–H and O–H groups in total. The highest BCUT2D eigenvalue weighted by Crippen LogP contribution is 2.32. The van der Waals surface area contributed by atoms with E-state index in [1.54, 1.807) is 4.90 Å². The number of benzene rings is 3. The van der Waals surface area contributed by atoms with Crippen LogP contribution in [0.5, 0.6) is 5.75 Å². The second-order valence-corrected chi connectivity index (χ2v) is 7.51. The molecule has 6 heteroatoms. The van der Waals surface area contributed by atoms with Crippen molar-refractivity contribution in [1.29, 1.82) is 5.41 Å². The van der Waals surface area contributed by atoms with E-state index >= 15 is 0 Å². The van der Waals surface area contributed by atoms with Crippen molar-refractivity contribution in [2.75, 3.05) is 11.4 Å². The molecule has 3 aromatic carbocycles. The zero-order valence-corrected chi connectivity index (χ0v) is 17.1. The maximum absolute atomic E-state index is 10.7. The first-order valence-corrected chi connectivity index (χ1v) is 10.1. The lowest BCUT2D eigenvalue weighted by atomic mass is 10.2. The van der Waals surface area contributed by atoms with Crippen LogP contribution in [0, 0.1) is 5.41 Å². The van der Waals surface area contributed by atoms with Crippen molar-refractivity contribution >= 4 is 28.1 Å². The number of ether oxygens (including phenoxy) is 1. The third-order valence-corrected chi connectivity index (χ3v) is 5.51. The summed E-state index contributed by atoms with van der Waals surface area (Å²) in [5.41, 5.74) is 4.19. The van der Waals surface area contributed by atoms with Crippen molar-refractivity contribution in [3.8, 4) is 5.75 Å². The number of para-hydroxylation sites is 2. The highest BCUT2D eigenvalue weighted by atomic mass is 16.5. The second-order valence-electron chi connectivity index (χ2n) is 7.51. The number of nitrogens with one attached hydrogen (secondary N) is 1. The van der Waals surface area contributed by atoms with E-state index in [1.807, 2.05) is 90.5 Å². The molecule has 4 aromatic rings. The molecule has 0 amide bonds. The van der Waals surface area contributed by atoms with Crippen LogP contribution in [0.25, 0.3) is 16.6 Å². The fourth-order valence-corrected chi connectivity index (χ4v) is 3.87. The summed E-state index contributed by atoms with van der Waals surface area (Å²) in [7, 11) is 1.90. The second kappa shape index (κ2) is 7.65. The van der Waals surface area contributed by atoms with Gasteiger partial charge in [-0.1, -0.05) is 42.5 Å². The number of imidazole rings is 1. The van der Waals surface area contributed by atoms with E-state index in [9.17, 15) is 5.11 Å². The van der Waals surface area contributed by atoms with Crippen LogP contribution < -0.4 is 9.64 Å². The van der Waals surface area contributed by atoms with Gasteiger partial charge in [-0.15, -0.1) is 0 Å². The molecule has 0 radical (unpaired) electrons. The van der Waals surface area contributed by atoms with Crippen molar-refractivity contribution in [2.24, 2.45) is 7.05 Å². The summed E-state index contributed by atoms with van der Waals surface area (Å²) >= 11 is 0. The van der Waals surface area contributed by atoms with Crippen LogP contribution in [0.15, 0.2) is 84.6 Å². The Kier molecular flexibility index (Phi) is 4.67. The summed E-state index contributed by atoms with van der Waals surface area (Å²) in [4.78, 5) is 6.42. The number of anilines is 1. The predicted molar refractivity (Wildman–Crippen MR) is 123 cm³/mol. The Hall–Kier alpha value is -4.06. The molecule has 0 spiro atoms. The summed E-state index contributed by atoms with van der Waals surface area (Å²) in [5, 5.41) is 19.4. The largest absolute Gasteiger partial charge is 0.509 e. The lowest BCUT2D eigenvalue weighted by Crippen LogP contribution is -2.26. The average molecular weight is 410 g/mol. The lowest BCUT2D eigenvalue weighted by Gasteiger charge is -2.19. The van der Waals surface area contributed by atoms with Gasteiger partial charge in [0.2, 0.25) is 0 Å². The number of hydrogen-bond acceptors (Lipinski definition) is 4. The number of aromatic nitrogens is 2. The minimum atomic E-state index is 0.146. The molecule has 0 bridgehead atoms. The van der Waals surface area contributed by atoms with E-state index in [1.165, 1.54) is 0 Å². The topological polar surface area (TPSA) is 74.4 Å². The van der Waals surface area contributed by atoms with Gasteiger partial charge in [0.1, 0.15) is 29.8 Å². The summed E-state index contributed by atoms with van der Waals surface area (Å²) in [5.74, 6) is 1.72. The number of nitrogens with zero attached hydrogens (tertiary/aromatic N) is 3. The quantitative estimate of drug-likeness (QED) is 0.490. The van der Waals surface area contributed by atoms with Crippen LogP contribution in [0.2, 0.25) is 0 Å². The van der Waals surface area contributed by atoms with Crippen molar-refractivity contribution in [1.82, 2.24) is 9.55 Å². The molecule has 1 aromatic heterocycles. The third-order valence-electron chi connectivity index (χ3n) is 5.51. The highest BCUT2D eigenvalue weighted by molar-refractivity contribution is 6.30.